The van der Waals surface area contributed by atoms with Gasteiger partial charge in [-0.05, 0) is 0 Å². The Morgan fingerprint density at radius 1 is 1.20 bits per heavy atom. The third kappa shape index (κ3) is 2.55. The molecule has 0 unspecified atom stereocenters. The highest BCUT2D eigenvalue weighted by Gasteiger charge is 1.61. The first-order valence-corrected chi connectivity index (χ1v) is 2.40. The molecule has 0 radical (unpaired) electrons. The van der Waals surface area contributed by atoms with Crippen LogP contribution in [0.25, 0.3) is 0 Å². The molecule has 0 spiro atoms. The molecule has 0 fully saturated rings. The zero-order chi connectivity index (χ0) is 7.07. The van der Waals surface area contributed by atoms with E-state index in [1.807, 2.05) is 0 Å². The number of hydrogen-bond donors (Lipinski definition) is 0. The highest BCUT2D eigenvalue weighted by Crippen LogP contribution is 1.64. The molecule has 0 aromatic carbocycles. The lowest BCUT2D eigenvalue weighted by Crippen LogP contribution is -1.53. The lowest BCUT2D eigenvalue weighted by molar-refractivity contribution is 0.393. The van der Waals surface area contributed by atoms with Crippen LogP contribution in [0.4, 0.5) is 0 Å². The molecular weight excluding hydrogens is 136 g/mol. The normalized spacial score (nSPS) is 8.00. The Balaban J connectivity index is 0.0000001000. The van der Waals surface area contributed by atoms with Crippen LogP contribution >= 0.6 is 0 Å². The fourth-order valence-corrected chi connectivity index (χ4v) is 0.272. The van der Waals surface area contributed by atoms with E-state index in [1.165, 1.54) is 25.2 Å². The van der Waals surface area contributed by atoms with E-state index in [2.05, 4.69) is 29.6 Å². The SMILES string of the molecule is c1conn1.c1ncon1. The van der Waals surface area contributed by atoms with Gasteiger partial charge in [-0.3, -0.25) is 0 Å². The van der Waals surface area contributed by atoms with E-state index in [-0.39, 0.29) is 0 Å². The summed E-state index contributed by atoms with van der Waals surface area (Å²) in [6.45, 7) is 0. The minimum absolute atomic E-state index is 1.26. The zero-order valence-corrected chi connectivity index (χ0v) is 4.91. The van der Waals surface area contributed by atoms with Crippen molar-refractivity contribution in [2.24, 2.45) is 0 Å². The lowest BCUT2D eigenvalue weighted by Gasteiger charge is -1.45. The Morgan fingerprint density at radius 2 is 2.20 bits per heavy atom. The van der Waals surface area contributed by atoms with Crippen LogP contribution in [-0.2, 0) is 0 Å². The molecule has 6 heteroatoms. The summed E-state index contributed by atoms with van der Waals surface area (Å²) in [5, 5.41) is 9.64. The van der Waals surface area contributed by atoms with Crippen molar-refractivity contribution in [2.45, 2.75) is 0 Å². The quantitative estimate of drug-likeness (QED) is 0.517. The largest absolute Gasteiger partial charge is 0.346 e. The molecule has 0 aliphatic carbocycles. The summed E-state index contributed by atoms with van der Waals surface area (Å²) < 4.78 is 8.44. The van der Waals surface area contributed by atoms with E-state index >= 15 is 0 Å². The fraction of sp³-hybridized carbons (Fsp3) is 0. The van der Waals surface area contributed by atoms with E-state index in [4.69, 9.17) is 0 Å². The van der Waals surface area contributed by atoms with E-state index < -0.39 is 0 Å². The number of hydrogen-bond acceptors (Lipinski definition) is 6. The van der Waals surface area contributed by atoms with Crippen molar-refractivity contribution in [2.75, 3.05) is 0 Å². The van der Waals surface area contributed by atoms with Crippen LogP contribution in [0.1, 0.15) is 0 Å². The summed E-state index contributed by atoms with van der Waals surface area (Å²) in [5.41, 5.74) is 0. The van der Waals surface area contributed by atoms with Gasteiger partial charge in [0.2, 0.25) is 6.39 Å². The van der Waals surface area contributed by atoms with Gasteiger partial charge in [0.05, 0.1) is 6.20 Å². The molecule has 0 bridgehead atoms. The molecular formula is C4H4N4O2. The second kappa shape index (κ2) is 4.19. The van der Waals surface area contributed by atoms with Crippen molar-refractivity contribution in [1.29, 1.82) is 0 Å². The van der Waals surface area contributed by atoms with Crippen molar-refractivity contribution < 1.29 is 9.05 Å². The van der Waals surface area contributed by atoms with Crippen LogP contribution in [0.5, 0.6) is 0 Å². The summed E-state index contributed by atoms with van der Waals surface area (Å²) >= 11 is 0. The molecule has 2 aromatic rings. The minimum Gasteiger partial charge on any atom is -0.346 e. The Labute approximate surface area is 55.8 Å². The Kier molecular flexibility index (Phi) is 2.68. The summed E-state index contributed by atoms with van der Waals surface area (Å²) in [6.07, 6.45) is 5.47. The second-order valence-electron chi connectivity index (χ2n) is 1.17. The van der Waals surface area contributed by atoms with Gasteiger partial charge in [-0.2, -0.15) is 0 Å². The van der Waals surface area contributed by atoms with E-state index in [9.17, 15) is 0 Å². The summed E-state index contributed by atoms with van der Waals surface area (Å²) in [6, 6.07) is 0. The first-order chi connectivity index (χ1) is 5.00. The monoisotopic (exact) mass is 140 g/mol. The predicted molar refractivity (Wildman–Crippen MR) is 28.6 cm³/mol. The van der Waals surface area contributed by atoms with Crippen molar-refractivity contribution in [1.82, 2.24) is 20.5 Å². The summed E-state index contributed by atoms with van der Waals surface area (Å²) in [4.78, 5) is 3.44. The summed E-state index contributed by atoms with van der Waals surface area (Å²) in [7, 11) is 0. The molecule has 0 amide bonds. The van der Waals surface area contributed by atoms with E-state index in [0.717, 1.165) is 0 Å². The van der Waals surface area contributed by atoms with Crippen LogP contribution in [0.2, 0.25) is 0 Å². The van der Waals surface area contributed by atoms with Gasteiger partial charge in [0, 0.05) is 5.27 Å². The van der Waals surface area contributed by atoms with Crippen LogP contribution in [0.3, 0.4) is 0 Å². The van der Waals surface area contributed by atoms with Crippen LogP contribution in [0.15, 0.2) is 34.2 Å². The molecule has 6 nitrogen and oxygen atoms in total. The number of aromatic nitrogens is 4. The maximum absolute atomic E-state index is 4.22. The molecule has 52 valence electrons. The molecule has 10 heavy (non-hydrogen) atoms. The molecule has 2 rings (SSSR count). The smallest absolute Gasteiger partial charge is 0.213 e. The Bertz CT molecular complexity index is 154. The van der Waals surface area contributed by atoms with Gasteiger partial charge in [0.25, 0.3) is 0 Å². The number of nitrogens with zero attached hydrogens (tertiary/aromatic N) is 4. The molecule has 2 aromatic heterocycles. The van der Waals surface area contributed by atoms with Crippen molar-refractivity contribution in [3.63, 3.8) is 0 Å². The first-order valence-electron chi connectivity index (χ1n) is 2.40. The topological polar surface area (TPSA) is 77.8 Å². The highest BCUT2D eigenvalue weighted by atomic mass is 16.5. The van der Waals surface area contributed by atoms with Crippen LogP contribution in [-0.4, -0.2) is 20.5 Å². The summed E-state index contributed by atoms with van der Waals surface area (Å²) in [5.74, 6) is 0. The van der Waals surface area contributed by atoms with Crippen molar-refractivity contribution in [3.8, 4) is 0 Å². The van der Waals surface area contributed by atoms with Gasteiger partial charge in [-0.15, -0.1) is 5.10 Å². The Morgan fingerprint density at radius 3 is 2.40 bits per heavy atom. The maximum atomic E-state index is 4.22. The number of rotatable bonds is 0. The maximum Gasteiger partial charge on any atom is 0.213 e. The third-order valence-corrected chi connectivity index (χ3v) is 0.565. The lowest BCUT2D eigenvalue weighted by atomic mass is 11.0. The zero-order valence-electron chi connectivity index (χ0n) is 4.91. The van der Waals surface area contributed by atoms with Gasteiger partial charge >= 0.3 is 0 Å². The van der Waals surface area contributed by atoms with Gasteiger partial charge < -0.3 is 9.05 Å². The Hall–Kier alpha value is -1.72. The molecule has 2 heterocycles. The average molecular weight is 140 g/mol. The van der Waals surface area contributed by atoms with Crippen LogP contribution < -0.4 is 0 Å². The minimum atomic E-state index is 1.26. The molecule has 0 aliphatic rings. The predicted octanol–water partition coefficient (Wildman–Crippen LogP) is 0.139. The van der Waals surface area contributed by atoms with Gasteiger partial charge in [-0.25, -0.2) is 4.98 Å². The first kappa shape index (κ1) is 6.40. The van der Waals surface area contributed by atoms with Crippen molar-refractivity contribution >= 4 is 0 Å². The highest BCUT2D eigenvalue weighted by molar-refractivity contribution is 4.48. The van der Waals surface area contributed by atoms with Gasteiger partial charge in [0.1, 0.15) is 6.26 Å². The molecule has 0 N–H and O–H groups in total. The molecule has 0 aliphatic heterocycles. The van der Waals surface area contributed by atoms with Gasteiger partial charge in [-0.1, -0.05) is 5.16 Å². The van der Waals surface area contributed by atoms with Crippen LogP contribution in [0, 0.1) is 0 Å². The molecule has 0 saturated carbocycles. The third-order valence-electron chi connectivity index (χ3n) is 0.565. The standard InChI is InChI=1S/2C2H2N2O/c1-3-2-5-4-1;1-2-5-4-3-1/h2*1-2H. The van der Waals surface area contributed by atoms with E-state index in [1.54, 1.807) is 0 Å². The van der Waals surface area contributed by atoms with Crippen molar-refractivity contribution in [3.05, 3.63) is 25.2 Å². The average Bonchev–Trinajstić information content (AvgIpc) is 2.67. The molecule has 0 atom stereocenters. The molecule has 0 saturated heterocycles. The second-order valence-corrected chi connectivity index (χ2v) is 1.17. The van der Waals surface area contributed by atoms with E-state index in [0.29, 0.717) is 0 Å². The fourth-order valence-electron chi connectivity index (χ4n) is 0.272. The van der Waals surface area contributed by atoms with Gasteiger partial charge in [0.15, 0.2) is 6.33 Å².